The first-order valence-corrected chi connectivity index (χ1v) is 23.0. The van der Waals surface area contributed by atoms with Crippen LogP contribution in [0.15, 0.2) is 0 Å². The van der Waals surface area contributed by atoms with E-state index in [0.29, 0.717) is 32.5 Å². The second kappa shape index (κ2) is 20.4. The summed E-state index contributed by atoms with van der Waals surface area (Å²) in [5.74, 6) is 0. The van der Waals surface area contributed by atoms with Gasteiger partial charge in [-0.05, 0) is 0 Å². The molecule has 0 bridgehead atoms. The Morgan fingerprint density at radius 3 is 0.522 bits per heavy atom. The van der Waals surface area contributed by atoms with Crippen molar-refractivity contribution in [2.24, 2.45) is 32.5 Å². The number of hydrogen-bond acceptors (Lipinski definition) is 0. The molecule has 0 aliphatic rings. The molecule has 1 heteroatoms. The third-order valence-electron chi connectivity index (χ3n) is 12.1. The van der Waals surface area contributed by atoms with Crippen molar-refractivity contribution in [2.45, 2.75) is 255 Å². The molecule has 46 heavy (non-hydrogen) atoms. The Balaban J connectivity index is 8.48. The minimum absolute atomic E-state index is 0.345. The van der Waals surface area contributed by atoms with E-state index in [1.54, 1.807) is 0 Å². The summed E-state index contributed by atoms with van der Waals surface area (Å²) in [5, 5.41) is 0. The van der Waals surface area contributed by atoms with Crippen molar-refractivity contribution in [3.05, 3.63) is 0 Å². The van der Waals surface area contributed by atoms with Crippen LogP contribution < -0.4 is 0 Å². The van der Waals surface area contributed by atoms with Gasteiger partial charge in [-0.3, -0.25) is 0 Å². The quantitative estimate of drug-likeness (QED) is 0.0807. The molecule has 0 aromatic heterocycles. The van der Waals surface area contributed by atoms with E-state index in [1.807, 2.05) is 0 Å². The molecule has 0 aromatic carbocycles. The number of hydrogen-bond donors (Lipinski definition) is 0. The third kappa shape index (κ3) is 13.7. The van der Waals surface area contributed by atoms with Crippen LogP contribution in [0.3, 0.4) is 0 Å². The standard InChI is InChI=1S/3C15H31.Cr/c3*1-7-9-11-14(3,4)13-15(5,6)12-10-8-2;/h3*13H,7-12H2,1-6H3;. The molecule has 279 valence electrons. The van der Waals surface area contributed by atoms with Gasteiger partial charge in [0, 0.05) is 0 Å². The van der Waals surface area contributed by atoms with E-state index in [1.165, 1.54) is 116 Å². The average Bonchev–Trinajstić information content (AvgIpc) is 2.94. The van der Waals surface area contributed by atoms with Crippen LogP contribution in [0.1, 0.15) is 240 Å². The van der Waals surface area contributed by atoms with Gasteiger partial charge in [-0.25, -0.2) is 0 Å². The van der Waals surface area contributed by atoms with Gasteiger partial charge in [0.2, 0.25) is 0 Å². The average molecular weight is 686 g/mol. The predicted molar refractivity (Wildman–Crippen MR) is 211 cm³/mol. The van der Waals surface area contributed by atoms with E-state index in [-0.39, 0.29) is 0 Å². The Hall–Kier alpha value is 0.532. The topological polar surface area (TPSA) is 0 Å². The third-order valence-corrected chi connectivity index (χ3v) is 20.7. The maximum absolute atomic E-state index is 2.77. The normalized spacial score (nSPS) is 14.5. The maximum atomic E-state index is 2.77. The molecule has 0 fully saturated rings. The van der Waals surface area contributed by atoms with Crippen LogP contribution in [0.5, 0.6) is 0 Å². The van der Waals surface area contributed by atoms with Crippen LogP contribution in [0.2, 0.25) is 14.3 Å². The Kier molecular flexibility index (Phi) is 20.6. The molecule has 0 saturated carbocycles. The monoisotopic (exact) mass is 686 g/mol. The number of unbranched alkanes of at least 4 members (excludes halogenated alkanes) is 6. The van der Waals surface area contributed by atoms with Crippen molar-refractivity contribution < 1.29 is 14.1 Å². The molecule has 0 spiro atoms. The second-order valence-corrected chi connectivity index (χ2v) is 23.6. The SMILES string of the molecule is CCCCC(C)(C)[CH]([Cr]([CH](C(C)(C)CCCC)C(C)(C)CCCC)[CH](C(C)(C)CCCC)C(C)(C)CCCC)C(C)(C)CCCC. The van der Waals surface area contributed by atoms with Crippen LogP contribution >= 0.6 is 0 Å². The van der Waals surface area contributed by atoms with E-state index in [0.717, 1.165) is 14.3 Å². The van der Waals surface area contributed by atoms with Gasteiger partial charge in [-0.1, -0.05) is 0 Å². The van der Waals surface area contributed by atoms with Crippen LogP contribution in [-0.2, 0) is 14.1 Å². The van der Waals surface area contributed by atoms with E-state index in [4.69, 9.17) is 0 Å². The van der Waals surface area contributed by atoms with Gasteiger partial charge in [0.15, 0.2) is 0 Å². The summed E-state index contributed by atoms with van der Waals surface area (Å²) in [6.45, 7) is 47.7. The summed E-state index contributed by atoms with van der Waals surface area (Å²) in [6, 6.07) is 0. The Bertz CT molecular complexity index is 616. The van der Waals surface area contributed by atoms with Crippen LogP contribution in [0.25, 0.3) is 0 Å². The van der Waals surface area contributed by atoms with Crippen molar-refractivity contribution in [1.82, 2.24) is 0 Å². The molecule has 0 rings (SSSR count). The predicted octanol–water partition coefficient (Wildman–Crippen LogP) is 17.3. The van der Waals surface area contributed by atoms with Gasteiger partial charge < -0.3 is 0 Å². The Morgan fingerprint density at radius 1 is 0.283 bits per heavy atom. The first kappa shape index (κ1) is 46.5. The van der Waals surface area contributed by atoms with Gasteiger partial charge >= 0.3 is 301 Å². The molecule has 0 saturated heterocycles. The van der Waals surface area contributed by atoms with E-state index in [2.05, 4.69) is 125 Å². The Morgan fingerprint density at radius 2 is 0.413 bits per heavy atom. The van der Waals surface area contributed by atoms with Crippen molar-refractivity contribution in [3.63, 3.8) is 0 Å². The molecular formula is C45H93Cr. The summed E-state index contributed by atoms with van der Waals surface area (Å²) in [7, 11) is 0. The Labute approximate surface area is 300 Å². The van der Waals surface area contributed by atoms with E-state index >= 15 is 0 Å². The molecule has 0 aliphatic heterocycles. The minimum atomic E-state index is -1.36. The fourth-order valence-electron chi connectivity index (χ4n) is 10.4. The molecule has 0 heterocycles. The van der Waals surface area contributed by atoms with Crippen molar-refractivity contribution in [1.29, 1.82) is 0 Å². The zero-order valence-electron chi connectivity index (χ0n) is 35.9. The summed E-state index contributed by atoms with van der Waals surface area (Å²) in [4.78, 5) is 0. The molecule has 0 atom stereocenters. The van der Waals surface area contributed by atoms with Crippen molar-refractivity contribution >= 4 is 0 Å². The molecule has 0 N–H and O–H groups in total. The van der Waals surface area contributed by atoms with E-state index in [9.17, 15) is 0 Å². The fraction of sp³-hybridized carbons (Fsp3) is 1.00. The molecular weight excluding hydrogens is 592 g/mol. The summed E-state index contributed by atoms with van der Waals surface area (Å²) >= 11 is -1.36. The summed E-state index contributed by atoms with van der Waals surface area (Å²) in [6.07, 6.45) is 24.5. The van der Waals surface area contributed by atoms with Crippen LogP contribution in [0, 0.1) is 32.5 Å². The van der Waals surface area contributed by atoms with Crippen molar-refractivity contribution in [2.75, 3.05) is 0 Å². The van der Waals surface area contributed by atoms with Gasteiger partial charge in [0.25, 0.3) is 0 Å². The number of rotatable bonds is 27. The van der Waals surface area contributed by atoms with Crippen molar-refractivity contribution in [3.8, 4) is 0 Å². The molecule has 0 nitrogen and oxygen atoms in total. The summed E-state index contributed by atoms with van der Waals surface area (Å²) in [5.41, 5.74) is 2.07. The zero-order valence-corrected chi connectivity index (χ0v) is 37.1. The van der Waals surface area contributed by atoms with Gasteiger partial charge in [0.05, 0.1) is 0 Å². The zero-order chi connectivity index (χ0) is 36.0. The first-order valence-electron chi connectivity index (χ1n) is 20.8. The van der Waals surface area contributed by atoms with E-state index < -0.39 is 14.1 Å². The molecule has 0 aromatic rings. The first-order chi connectivity index (χ1) is 21.1. The molecule has 0 radical (unpaired) electrons. The van der Waals surface area contributed by atoms with Gasteiger partial charge in [-0.15, -0.1) is 0 Å². The van der Waals surface area contributed by atoms with Crippen LogP contribution in [0.4, 0.5) is 0 Å². The molecule has 0 amide bonds. The summed E-state index contributed by atoms with van der Waals surface area (Å²) < 4.78 is 2.41. The molecule has 0 aliphatic carbocycles. The van der Waals surface area contributed by atoms with Gasteiger partial charge in [0.1, 0.15) is 0 Å². The van der Waals surface area contributed by atoms with Gasteiger partial charge in [-0.2, -0.15) is 0 Å². The fourth-order valence-corrected chi connectivity index (χ4v) is 19.7. The second-order valence-electron chi connectivity index (χ2n) is 20.1. The van der Waals surface area contributed by atoms with Crippen LogP contribution in [-0.4, -0.2) is 0 Å². The molecule has 0 unspecified atom stereocenters.